The summed E-state index contributed by atoms with van der Waals surface area (Å²) >= 11 is 1.45. The van der Waals surface area contributed by atoms with Crippen molar-refractivity contribution in [1.82, 2.24) is 5.32 Å². The van der Waals surface area contributed by atoms with Crippen LogP contribution < -0.4 is 10.2 Å². The van der Waals surface area contributed by atoms with Crippen LogP contribution in [-0.2, 0) is 16.0 Å². The van der Waals surface area contributed by atoms with Crippen LogP contribution >= 0.6 is 11.8 Å². The van der Waals surface area contributed by atoms with Crippen LogP contribution in [0.1, 0.15) is 22.3 Å². The summed E-state index contributed by atoms with van der Waals surface area (Å²) in [6, 6.07) is 24.0. The molecule has 162 valence electrons. The smallest absolute Gasteiger partial charge is 0.265 e. The molecular formula is C27H26N2O2S. The molecular weight excluding hydrogens is 416 g/mol. The summed E-state index contributed by atoms with van der Waals surface area (Å²) in [6.45, 7) is 4.62. The maximum Gasteiger partial charge on any atom is 0.265 e. The number of para-hydroxylation sites is 1. The number of anilines is 1. The second-order valence-corrected chi connectivity index (χ2v) is 9.05. The molecule has 0 bridgehead atoms. The molecule has 0 aliphatic carbocycles. The molecule has 0 saturated heterocycles. The van der Waals surface area contributed by atoms with Crippen LogP contribution in [0.15, 0.2) is 82.6 Å². The van der Waals surface area contributed by atoms with E-state index in [9.17, 15) is 9.59 Å². The van der Waals surface area contributed by atoms with Crippen molar-refractivity contribution in [2.75, 3.05) is 18.0 Å². The minimum Gasteiger partial charge on any atom is -0.354 e. The van der Waals surface area contributed by atoms with Gasteiger partial charge >= 0.3 is 0 Å². The molecule has 2 amide bonds. The first-order valence-electron chi connectivity index (χ1n) is 10.7. The predicted molar refractivity (Wildman–Crippen MR) is 132 cm³/mol. The first-order valence-corrected chi connectivity index (χ1v) is 11.5. The number of carbonyl (C=O) groups is 2. The maximum absolute atomic E-state index is 13.3. The topological polar surface area (TPSA) is 49.4 Å². The van der Waals surface area contributed by atoms with E-state index >= 15 is 0 Å². The first kappa shape index (κ1) is 21.9. The van der Waals surface area contributed by atoms with Gasteiger partial charge in [-0.3, -0.25) is 14.5 Å². The Bertz CT molecular complexity index is 1170. The molecule has 1 heterocycles. The molecule has 5 heteroatoms. The van der Waals surface area contributed by atoms with Gasteiger partial charge in [0.2, 0.25) is 5.91 Å². The monoisotopic (exact) mass is 442 g/mol. The fourth-order valence-corrected chi connectivity index (χ4v) is 4.71. The number of carbonyl (C=O) groups excluding carboxylic acids is 2. The van der Waals surface area contributed by atoms with Crippen molar-refractivity contribution in [3.8, 4) is 0 Å². The van der Waals surface area contributed by atoms with Crippen LogP contribution in [0.4, 0.5) is 5.69 Å². The van der Waals surface area contributed by atoms with Crippen LogP contribution in [0.25, 0.3) is 6.08 Å². The van der Waals surface area contributed by atoms with Crippen LogP contribution in [0.3, 0.4) is 0 Å². The fraction of sp³-hybridized carbons (Fsp3) is 0.185. The maximum atomic E-state index is 13.3. The highest BCUT2D eigenvalue weighted by atomic mass is 32.2. The summed E-state index contributed by atoms with van der Waals surface area (Å²) in [6.07, 6.45) is 2.65. The summed E-state index contributed by atoms with van der Waals surface area (Å²) in [7, 11) is 0. The minimum atomic E-state index is -0.164. The lowest BCUT2D eigenvalue weighted by atomic mass is 10.1. The molecule has 0 radical (unpaired) electrons. The van der Waals surface area contributed by atoms with Crippen molar-refractivity contribution in [3.63, 3.8) is 0 Å². The predicted octanol–water partition coefficient (Wildman–Crippen LogP) is 5.14. The van der Waals surface area contributed by atoms with Gasteiger partial charge in [0, 0.05) is 11.4 Å². The van der Waals surface area contributed by atoms with Gasteiger partial charge in [0.1, 0.15) is 6.54 Å². The summed E-state index contributed by atoms with van der Waals surface area (Å²) in [4.78, 5) is 29.1. The third-order valence-corrected chi connectivity index (χ3v) is 6.40. The molecule has 1 aliphatic heterocycles. The first-order chi connectivity index (χ1) is 15.5. The zero-order valence-electron chi connectivity index (χ0n) is 18.3. The highest BCUT2D eigenvalue weighted by Gasteiger charge is 2.30. The number of nitrogens with zero attached hydrogens (tertiary/aromatic N) is 1. The van der Waals surface area contributed by atoms with E-state index in [1.807, 2.05) is 67.6 Å². The van der Waals surface area contributed by atoms with Crippen molar-refractivity contribution in [2.24, 2.45) is 0 Å². The molecule has 4 nitrogen and oxygen atoms in total. The van der Waals surface area contributed by atoms with E-state index in [0.29, 0.717) is 11.4 Å². The molecule has 0 spiro atoms. The van der Waals surface area contributed by atoms with Gasteiger partial charge in [-0.25, -0.2) is 0 Å². The molecule has 0 fully saturated rings. The molecule has 0 unspecified atom stereocenters. The largest absolute Gasteiger partial charge is 0.354 e. The molecule has 3 aromatic rings. The van der Waals surface area contributed by atoms with Gasteiger partial charge in [0.05, 0.1) is 10.6 Å². The van der Waals surface area contributed by atoms with Gasteiger partial charge in [0.25, 0.3) is 5.91 Å². The molecule has 3 aromatic carbocycles. The number of hydrogen-bond donors (Lipinski definition) is 1. The van der Waals surface area contributed by atoms with Gasteiger partial charge < -0.3 is 5.32 Å². The summed E-state index contributed by atoms with van der Waals surface area (Å²) in [5.74, 6) is -0.314. The third-order valence-electron chi connectivity index (χ3n) is 5.33. The zero-order valence-corrected chi connectivity index (χ0v) is 19.1. The number of hydrogen-bond acceptors (Lipinski definition) is 3. The summed E-state index contributed by atoms with van der Waals surface area (Å²) in [5.41, 5.74) is 5.30. The van der Waals surface area contributed by atoms with Gasteiger partial charge in [-0.1, -0.05) is 83.6 Å². The Balaban J connectivity index is 1.48. The van der Waals surface area contributed by atoms with Crippen LogP contribution in [0.2, 0.25) is 0 Å². The lowest BCUT2D eigenvalue weighted by Crippen LogP contribution is -2.43. The molecule has 32 heavy (non-hydrogen) atoms. The van der Waals surface area contributed by atoms with E-state index in [1.165, 1.54) is 28.5 Å². The number of thioether (sulfide) groups is 1. The summed E-state index contributed by atoms with van der Waals surface area (Å²) < 4.78 is 0. The number of nitrogens with one attached hydrogen (secondary N) is 1. The Labute approximate surface area is 193 Å². The molecule has 0 atom stereocenters. The number of fused-ring (bicyclic) bond motifs is 1. The Hall–Kier alpha value is -3.31. The quantitative estimate of drug-likeness (QED) is 0.538. The molecule has 0 saturated carbocycles. The average Bonchev–Trinajstić information content (AvgIpc) is 2.78. The number of amides is 2. The molecule has 1 aliphatic rings. The van der Waals surface area contributed by atoms with Crippen molar-refractivity contribution in [2.45, 2.75) is 25.2 Å². The fourth-order valence-electron chi connectivity index (χ4n) is 3.65. The molecule has 1 N–H and O–H groups in total. The van der Waals surface area contributed by atoms with E-state index in [0.717, 1.165) is 22.6 Å². The second-order valence-electron chi connectivity index (χ2n) is 7.97. The average molecular weight is 443 g/mol. The zero-order chi connectivity index (χ0) is 22.5. The second kappa shape index (κ2) is 9.88. The lowest BCUT2D eigenvalue weighted by molar-refractivity contribution is -0.122. The lowest BCUT2D eigenvalue weighted by Gasteiger charge is -2.29. The van der Waals surface area contributed by atoms with Crippen molar-refractivity contribution < 1.29 is 9.59 Å². The Kier molecular flexibility index (Phi) is 6.76. The summed E-state index contributed by atoms with van der Waals surface area (Å²) in [5, 5.41) is 2.96. The van der Waals surface area contributed by atoms with E-state index in [2.05, 4.69) is 30.4 Å². The van der Waals surface area contributed by atoms with Crippen LogP contribution in [0.5, 0.6) is 0 Å². The molecule has 4 rings (SSSR count). The highest BCUT2D eigenvalue weighted by Crippen LogP contribution is 2.41. The number of rotatable bonds is 6. The van der Waals surface area contributed by atoms with Crippen LogP contribution in [0, 0.1) is 13.8 Å². The SMILES string of the molecule is Cc1ccc(/C=C2\Sc3ccccc3N(CC(=O)NCCc3cccc(C)c3)C2=O)cc1. The van der Waals surface area contributed by atoms with E-state index in [-0.39, 0.29) is 18.4 Å². The number of aryl methyl sites for hydroxylation is 2. The normalized spacial score (nSPS) is 14.4. The van der Waals surface area contributed by atoms with Crippen molar-refractivity contribution in [1.29, 1.82) is 0 Å². The Morgan fingerprint density at radius 2 is 1.75 bits per heavy atom. The highest BCUT2D eigenvalue weighted by molar-refractivity contribution is 8.04. The van der Waals surface area contributed by atoms with E-state index in [4.69, 9.17) is 0 Å². The Morgan fingerprint density at radius 3 is 2.53 bits per heavy atom. The Morgan fingerprint density at radius 1 is 0.969 bits per heavy atom. The van der Waals surface area contributed by atoms with Crippen LogP contribution in [-0.4, -0.2) is 24.9 Å². The molecule has 0 aromatic heterocycles. The van der Waals surface area contributed by atoms with E-state index in [1.54, 1.807) is 4.90 Å². The van der Waals surface area contributed by atoms with Crippen molar-refractivity contribution >= 4 is 35.3 Å². The van der Waals surface area contributed by atoms with E-state index < -0.39 is 0 Å². The minimum absolute atomic E-state index is 0.00450. The van der Waals surface area contributed by atoms with Gasteiger partial charge in [-0.15, -0.1) is 0 Å². The van der Waals surface area contributed by atoms with Gasteiger partial charge in [-0.2, -0.15) is 0 Å². The third kappa shape index (κ3) is 5.29. The number of benzene rings is 3. The van der Waals surface area contributed by atoms with Crippen molar-refractivity contribution in [3.05, 3.63) is 100.0 Å². The van der Waals surface area contributed by atoms with Gasteiger partial charge in [-0.05, 0) is 49.6 Å². The van der Waals surface area contributed by atoms with Gasteiger partial charge in [0.15, 0.2) is 0 Å². The standard InChI is InChI=1S/C27H26N2O2S/c1-19-10-12-22(13-11-19)17-25-27(31)29(23-8-3-4-9-24(23)32-25)18-26(30)28-15-14-21-7-5-6-20(2)16-21/h3-13,16-17H,14-15,18H2,1-2H3,(H,28,30)/b25-17-.